The summed E-state index contributed by atoms with van der Waals surface area (Å²) in [7, 11) is 2.32. The molecular weight excluding hydrogens is 177 g/mol. The number of aliphatic carboxylic acids is 1. The van der Waals surface area contributed by atoms with Crippen molar-refractivity contribution >= 4 is 21.1 Å². The molecule has 1 rings (SSSR count). The van der Waals surface area contributed by atoms with Crippen LogP contribution in [0.3, 0.4) is 0 Å². The first-order valence-electron chi connectivity index (χ1n) is 3.50. The van der Waals surface area contributed by atoms with E-state index in [2.05, 4.69) is 9.39 Å². The third-order valence-electron chi connectivity index (χ3n) is 1.82. The number of Topliss-reactive ketones (excluding diaryl/α,β-unsaturated/α-hetero) is 1. The van der Waals surface area contributed by atoms with Crippen LogP contribution in [0.2, 0.25) is 0 Å². The van der Waals surface area contributed by atoms with Crippen molar-refractivity contribution in [2.45, 2.75) is 19.4 Å². The lowest BCUT2D eigenvalue weighted by Gasteiger charge is -2.16. The number of ketones is 1. The Hall–Kier alpha value is -0.890. The van der Waals surface area contributed by atoms with Crippen molar-refractivity contribution in [1.29, 1.82) is 0 Å². The lowest BCUT2D eigenvalue weighted by molar-refractivity contribution is -0.132. The summed E-state index contributed by atoms with van der Waals surface area (Å²) in [6, 6.07) is -0.318. The number of rotatable bonds is 2. The maximum Gasteiger partial charge on any atom is 0.333 e. The van der Waals surface area contributed by atoms with Gasteiger partial charge in [-0.2, -0.15) is 0 Å². The summed E-state index contributed by atoms with van der Waals surface area (Å²) in [6.07, 6.45) is 1.77. The maximum atomic E-state index is 10.9. The van der Waals surface area contributed by atoms with E-state index in [1.165, 1.54) is 13.1 Å². The third kappa shape index (κ3) is 1.64. The number of carbonyl (C=O) groups is 2. The topological polar surface area (TPSA) is 57.6 Å². The first kappa shape index (κ1) is 9.20. The predicted octanol–water partition coefficient (Wildman–Crippen LogP) is 0.408. The largest absolute Gasteiger partial charge is 0.478 e. The summed E-state index contributed by atoms with van der Waals surface area (Å²) >= 11 is 0. The smallest absolute Gasteiger partial charge is 0.333 e. The summed E-state index contributed by atoms with van der Waals surface area (Å²) in [5.41, 5.74) is 0.283. The van der Waals surface area contributed by atoms with Crippen molar-refractivity contribution in [3.63, 3.8) is 0 Å². The van der Waals surface area contributed by atoms with Crippen LogP contribution >= 0.6 is 9.39 Å². The first-order valence-corrected chi connectivity index (χ1v) is 4.01. The van der Waals surface area contributed by atoms with Crippen LogP contribution in [0, 0.1) is 0 Å². The Bertz CT molecular complexity index is 261. The summed E-state index contributed by atoms with van der Waals surface area (Å²) in [4.78, 5) is 21.4. The molecule has 2 unspecified atom stereocenters. The lowest BCUT2D eigenvalue weighted by atomic mass is 10.1. The third-order valence-corrected chi connectivity index (χ3v) is 2.33. The molecule has 1 aliphatic rings. The van der Waals surface area contributed by atoms with E-state index in [0.717, 1.165) is 0 Å². The maximum absolute atomic E-state index is 10.9. The molecule has 1 aliphatic heterocycles. The van der Waals surface area contributed by atoms with Crippen LogP contribution < -0.4 is 0 Å². The summed E-state index contributed by atoms with van der Waals surface area (Å²) in [5, 5.41) is 8.62. The van der Waals surface area contributed by atoms with Gasteiger partial charge in [0.15, 0.2) is 5.78 Å². The highest BCUT2D eigenvalue weighted by atomic mass is 31.0. The molecule has 2 atom stereocenters. The second kappa shape index (κ2) is 3.23. The van der Waals surface area contributed by atoms with E-state index in [9.17, 15) is 9.59 Å². The van der Waals surface area contributed by atoms with Gasteiger partial charge in [-0.05, 0) is 16.3 Å². The minimum absolute atomic E-state index is 0.0162. The van der Waals surface area contributed by atoms with E-state index in [1.54, 1.807) is 4.67 Å². The molecule has 0 fully saturated rings. The molecular formula is C7H10NO3P. The van der Waals surface area contributed by atoms with Crippen LogP contribution in [0.15, 0.2) is 11.8 Å². The minimum Gasteiger partial charge on any atom is -0.478 e. The summed E-state index contributed by atoms with van der Waals surface area (Å²) in [5.74, 6) is -0.969. The summed E-state index contributed by atoms with van der Waals surface area (Å²) in [6.45, 7) is 1.46. The fraction of sp³-hybridized carbons (Fsp3) is 0.429. The summed E-state index contributed by atoms with van der Waals surface area (Å²) < 4.78 is 1.56. The first-order chi connectivity index (χ1) is 5.52. The zero-order chi connectivity index (χ0) is 9.30. The SMILES string of the molecule is CC(=O)C1CC(C(=O)O)=CN1P. The molecule has 0 aromatic rings. The van der Waals surface area contributed by atoms with Crippen LogP contribution in [-0.2, 0) is 9.59 Å². The molecule has 4 nitrogen and oxygen atoms in total. The van der Waals surface area contributed by atoms with Gasteiger partial charge in [-0.3, -0.25) is 4.79 Å². The van der Waals surface area contributed by atoms with Crippen LogP contribution in [0.1, 0.15) is 13.3 Å². The lowest BCUT2D eigenvalue weighted by Crippen LogP contribution is -2.25. The highest BCUT2D eigenvalue weighted by molar-refractivity contribution is 7.13. The number of hydrogen-bond acceptors (Lipinski definition) is 3. The zero-order valence-electron chi connectivity index (χ0n) is 6.65. The average molecular weight is 187 g/mol. The van der Waals surface area contributed by atoms with Crippen molar-refractivity contribution in [2.24, 2.45) is 0 Å². The van der Waals surface area contributed by atoms with Gasteiger partial charge >= 0.3 is 5.97 Å². The Labute approximate surface area is 72.5 Å². The molecule has 0 amide bonds. The van der Waals surface area contributed by atoms with Crippen molar-refractivity contribution in [3.05, 3.63) is 11.8 Å². The van der Waals surface area contributed by atoms with E-state index < -0.39 is 5.97 Å². The highest BCUT2D eigenvalue weighted by Gasteiger charge is 2.28. The molecule has 0 aromatic heterocycles. The molecule has 0 bridgehead atoms. The van der Waals surface area contributed by atoms with Gasteiger partial charge in [0.05, 0.1) is 11.6 Å². The van der Waals surface area contributed by atoms with E-state index in [4.69, 9.17) is 5.11 Å². The Morgan fingerprint density at radius 1 is 1.75 bits per heavy atom. The predicted molar refractivity (Wildman–Crippen MR) is 46.4 cm³/mol. The molecule has 1 N–H and O–H groups in total. The highest BCUT2D eigenvalue weighted by Crippen LogP contribution is 2.25. The number of hydrogen-bond donors (Lipinski definition) is 1. The number of carboxylic acids is 1. The Morgan fingerprint density at radius 2 is 2.33 bits per heavy atom. The molecule has 66 valence electrons. The number of nitrogens with zero attached hydrogens (tertiary/aromatic N) is 1. The van der Waals surface area contributed by atoms with Gasteiger partial charge in [0.25, 0.3) is 0 Å². The molecule has 0 spiro atoms. The van der Waals surface area contributed by atoms with Crippen molar-refractivity contribution in [2.75, 3.05) is 0 Å². The molecule has 1 heterocycles. The average Bonchev–Trinajstić information content (AvgIpc) is 2.30. The monoisotopic (exact) mass is 187 g/mol. The molecule has 0 aliphatic carbocycles. The van der Waals surface area contributed by atoms with Gasteiger partial charge in [-0.15, -0.1) is 0 Å². The molecule has 0 saturated heterocycles. The standard InChI is InChI=1S/C7H10NO3P/c1-4(9)6-2-5(7(10)11)3-8(6)12/h3,6H,2,12H2,1H3,(H,10,11). The van der Waals surface area contributed by atoms with Crippen molar-refractivity contribution < 1.29 is 14.7 Å². The molecule has 12 heavy (non-hydrogen) atoms. The van der Waals surface area contributed by atoms with E-state index in [-0.39, 0.29) is 17.4 Å². The van der Waals surface area contributed by atoms with Crippen LogP contribution in [0.5, 0.6) is 0 Å². The molecule has 0 saturated carbocycles. The van der Waals surface area contributed by atoms with Crippen LogP contribution in [0.25, 0.3) is 0 Å². The van der Waals surface area contributed by atoms with Gasteiger partial charge in [0, 0.05) is 12.6 Å². The zero-order valence-corrected chi connectivity index (χ0v) is 7.80. The molecule has 0 radical (unpaired) electrons. The van der Waals surface area contributed by atoms with Crippen LogP contribution in [0.4, 0.5) is 0 Å². The van der Waals surface area contributed by atoms with Crippen molar-refractivity contribution in [3.8, 4) is 0 Å². The van der Waals surface area contributed by atoms with E-state index in [1.807, 2.05) is 0 Å². The Balaban J connectivity index is 2.73. The van der Waals surface area contributed by atoms with Gasteiger partial charge in [0.2, 0.25) is 0 Å². The quantitative estimate of drug-likeness (QED) is 0.636. The second-order valence-electron chi connectivity index (χ2n) is 2.74. The molecule has 5 heteroatoms. The van der Waals surface area contributed by atoms with Crippen molar-refractivity contribution in [1.82, 2.24) is 4.67 Å². The van der Waals surface area contributed by atoms with Gasteiger partial charge in [0.1, 0.15) is 0 Å². The molecule has 0 aromatic carbocycles. The Kier molecular flexibility index (Phi) is 2.48. The Morgan fingerprint density at radius 3 is 2.58 bits per heavy atom. The number of carboxylic acid groups (broad SMARTS) is 1. The van der Waals surface area contributed by atoms with Crippen LogP contribution in [-0.4, -0.2) is 27.6 Å². The van der Waals surface area contributed by atoms with Gasteiger partial charge < -0.3 is 9.78 Å². The fourth-order valence-corrected chi connectivity index (χ4v) is 1.63. The fourth-order valence-electron chi connectivity index (χ4n) is 1.13. The van der Waals surface area contributed by atoms with E-state index >= 15 is 0 Å². The normalized spacial score (nSPS) is 22.3. The van der Waals surface area contributed by atoms with Gasteiger partial charge in [-0.1, -0.05) is 0 Å². The number of carbonyl (C=O) groups excluding carboxylic acids is 1. The van der Waals surface area contributed by atoms with E-state index in [0.29, 0.717) is 6.42 Å². The minimum atomic E-state index is -0.953. The van der Waals surface area contributed by atoms with Gasteiger partial charge in [-0.25, -0.2) is 4.79 Å². The second-order valence-corrected chi connectivity index (χ2v) is 3.33.